The van der Waals surface area contributed by atoms with Crippen LogP contribution in [0.15, 0.2) is 49.1 Å². The van der Waals surface area contributed by atoms with Gasteiger partial charge in [-0.25, -0.2) is 9.78 Å². The van der Waals surface area contributed by atoms with Gasteiger partial charge in [0.05, 0.1) is 24.5 Å². The number of carbonyl (C=O) groups is 2. The van der Waals surface area contributed by atoms with Gasteiger partial charge in [-0.05, 0) is 86.1 Å². The van der Waals surface area contributed by atoms with E-state index >= 15 is 0 Å². The number of piperazine rings is 1. The second-order valence-corrected chi connectivity index (χ2v) is 13.6. The molecule has 0 unspecified atom stereocenters. The van der Waals surface area contributed by atoms with E-state index in [2.05, 4.69) is 28.1 Å². The largest absolute Gasteiger partial charge is 0.459 e. The van der Waals surface area contributed by atoms with Gasteiger partial charge < -0.3 is 18.9 Å². The van der Waals surface area contributed by atoms with Gasteiger partial charge in [-0.2, -0.15) is 0 Å². The molecule has 1 aliphatic heterocycles. The number of rotatable bonds is 7. The first-order valence-electron chi connectivity index (χ1n) is 15.5. The van der Waals surface area contributed by atoms with Crippen LogP contribution < -0.4 is 0 Å². The minimum Gasteiger partial charge on any atom is -0.459 e. The highest BCUT2D eigenvalue weighted by Crippen LogP contribution is 2.47. The van der Waals surface area contributed by atoms with Gasteiger partial charge in [-0.3, -0.25) is 14.7 Å². The molecular weight excluding hydrogens is 578 g/mol. The zero-order valence-electron chi connectivity index (χ0n) is 25.5. The lowest BCUT2D eigenvalue weighted by Crippen LogP contribution is -2.50. The van der Waals surface area contributed by atoms with Crippen LogP contribution in [0.4, 0.5) is 4.79 Å². The summed E-state index contributed by atoms with van der Waals surface area (Å²) in [7, 11) is 1.95. The van der Waals surface area contributed by atoms with Crippen LogP contribution in [0, 0.1) is 0 Å². The van der Waals surface area contributed by atoms with Crippen molar-refractivity contribution in [2.45, 2.75) is 69.1 Å². The van der Waals surface area contributed by atoms with Crippen LogP contribution >= 0.6 is 11.6 Å². The Labute approximate surface area is 262 Å². The third-order valence-corrected chi connectivity index (χ3v) is 9.79. The number of benzene rings is 1. The molecule has 3 heterocycles. The van der Waals surface area contributed by atoms with E-state index in [1.54, 1.807) is 6.33 Å². The topological polar surface area (TPSA) is 89.8 Å². The number of amides is 1. The maximum Gasteiger partial charge on any atom is 0.410 e. The van der Waals surface area contributed by atoms with Gasteiger partial charge in [-0.1, -0.05) is 23.7 Å². The van der Waals surface area contributed by atoms with Crippen molar-refractivity contribution >= 4 is 35.3 Å². The molecule has 9 nitrogen and oxygen atoms in total. The molecule has 3 fully saturated rings. The average molecular weight is 616 g/mol. The Morgan fingerprint density at radius 3 is 2.45 bits per heavy atom. The van der Waals surface area contributed by atoms with Crippen molar-refractivity contribution in [3.63, 3.8) is 0 Å². The van der Waals surface area contributed by atoms with Crippen molar-refractivity contribution in [3.05, 3.63) is 82.2 Å². The van der Waals surface area contributed by atoms with Gasteiger partial charge in [0, 0.05) is 62.3 Å². The molecule has 44 heavy (non-hydrogen) atoms. The zero-order valence-corrected chi connectivity index (χ0v) is 26.2. The summed E-state index contributed by atoms with van der Waals surface area (Å²) in [5.41, 5.74) is 5.18. The maximum absolute atomic E-state index is 13.4. The monoisotopic (exact) mass is 615 g/mol. The molecule has 1 saturated heterocycles. The van der Waals surface area contributed by atoms with Crippen molar-refractivity contribution in [2.24, 2.45) is 7.05 Å². The highest BCUT2D eigenvalue weighted by atomic mass is 35.5. The van der Waals surface area contributed by atoms with Crippen molar-refractivity contribution in [3.8, 4) is 0 Å². The van der Waals surface area contributed by atoms with E-state index in [4.69, 9.17) is 26.1 Å². The molecule has 0 N–H and O–H groups in total. The van der Waals surface area contributed by atoms with Crippen molar-refractivity contribution in [2.75, 3.05) is 26.2 Å². The van der Waals surface area contributed by atoms with Crippen molar-refractivity contribution < 1.29 is 19.1 Å². The first-order chi connectivity index (χ1) is 21.1. The summed E-state index contributed by atoms with van der Waals surface area (Å²) in [6.45, 7) is 6.45. The van der Waals surface area contributed by atoms with Crippen molar-refractivity contribution in [1.82, 2.24) is 24.3 Å². The van der Waals surface area contributed by atoms with Gasteiger partial charge >= 0.3 is 12.1 Å². The number of allylic oxidation sites excluding steroid dienone is 1. The second kappa shape index (κ2) is 11.0. The molecular formula is C34H38ClN5O4. The Morgan fingerprint density at radius 1 is 1.05 bits per heavy atom. The van der Waals surface area contributed by atoms with Crippen molar-refractivity contribution in [1.29, 1.82) is 0 Å². The van der Waals surface area contributed by atoms with Crippen LogP contribution in [-0.4, -0.2) is 73.8 Å². The Hall–Kier alpha value is -3.69. The molecule has 230 valence electrons. The molecule has 7 rings (SSSR count). The summed E-state index contributed by atoms with van der Waals surface area (Å²) in [4.78, 5) is 39.8. The first-order valence-corrected chi connectivity index (χ1v) is 15.9. The van der Waals surface area contributed by atoms with Gasteiger partial charge in [0.15, 0.2) is 0 Å². The summed E-state index contributed by atoms with van der Waals surface area (Å²) in [5.74, 6) is -0.548. The van der Waals surface area contributed by atoms with E-state index in [1.807, 2.05) is 61.0 Å². The number of carbonyl (C=O) groups excluding carboxylic acids is 2. The number of pyridine rings is 1. The Bertz CT molecular complexity index is 1630. The Morgan fingerprint density at radius 2 is 1.77 bits per heavy atom. The zero-order chi connectivity index (χ0) is 30.6. The molecule has 0 spiro atoms. The summed E-state index contributed by atoms with van der Waals surface area (Å²) in [6, 6.07) is 9.86. The fourth-order valence-corrected chi connectivity index (χ4v) is 6.57. The highest BCUT2D eigenvalue weighted by Gasteiger charge is 2.44. The highest BCUT2D eigenvalue weighted by molar-refractivity contribution is 6.30. The standard InChI is InChI=1S/C34H38ClN5O4/c1-33(8-9-33)43-29(41)19-27(28-20-36-21-38(28)3)25-17-22-5-4-12-37-30(22)31(24-7-6-23(35)18-26(24)25)39-13-15-40(16-14-39)32(42)44-34(2)10-11-34/h4-7,12,17-18,20-21,27,31H,8-11,13-16,19H2,1-3H3/t27-,31+/m1/s1. The minimum absolute atomic E-state index is 0.171. The molecule has 2 saturated carbocycles. The molecule has 0 radical (unpaired) electrons. The van der Waals surface area contributed by atoms with Gasteiger partial charge in [0.2, 0.25) is 0 Å². The average Bonchev–Trinajstić information content (AvgIpc) is 3.88. The number of aryl methyl sites for hydroxylation is 1. The fourth-order valence-electron chi connectivity index (χ4n) is 6.40. The predicted octanol–water partition coefficient (Wildman–Crippen LogP) is 5.99. The number of nitrogens with zero attached hydrogens (tertiary/aromatic N) is 5. The minimum atomic E-state index is -0.361. The number of ether oxygens (including phenoxy) is 2. The van der Waals surface area contributed by atoms with Crippen LogP contribution in [0.2, 0.25) is 5.02 Å². The number of imidazole rings is 1. The SMILES string of the molecule is Cn1cncc1[C@H](CC(=O)OC1(C)CC1)C1=Cc2cccnc2[C@@H](N2CCN(C(=O)OC3(C)CC3)CC2)c2ccc(Cl)cc21. The summed E-state index contributed by atoms with van der Waals surface area (Å²) < 4.78 is 13.6. The lowest BCUT2D eigenvalue weighted by atomic mass is 9.84. The van der Waals surface area contributed by atoms with Gasteiger partial charge in [0.25, 0.3) is 0 Å². The number of fused-ring (bicyclic) bond motifs is 2. The molecule has 4 aliphatic rings. The Balaban J connectivity index is 1.26. The lowest BCUT2D eigenvalue weighted by molar-refractivity contribution is -0.150. The van der Waals surface area contributed by atoms with Gasteiger partial charge in [0.1, 0.15) is 11.2 Å². The number of aromatic nitrogens is 3. The fraction of sp³-hybridized carbons (Fsp3) is 0.471. The number of hydrogen-bond donors (Lipinski definition) is 0. The lowest BCUT2D eigenvalue weighted by Gasteiger charge is -2.39. The van der Waals surface area contributed by atoms with E-state index in [0.29, 0.717) is 31.2 Å². The third kappa shape index (κ3) is 5.75. The van der Waals surface area contributed by atoms with Gasteiger partial charge in [-0.15, -0.1) is 0 Å². The number of hydrogen-bond acceptors (Lipinski definition) is 7. The van der Waals surface area contributed by atoms with E-state index in [-0.39, 0.29) is 41.6 Å². The van der Waals surface area contributed by atoms with Crippen LogP contribution in [0.1, 0.15) is 86.0 Å². The van der Waals surface area contributed by atoms with Crippen LogP contribution in [0.3, 0.4) is 0 Å². The molecule has 3 aliphatic carbocycles. The summed E-state index contributed by atoms with van der Waals surface area (Å²) in [6.07, 6.45) is 11.2. The molecule has 0 bridgehead atoms. The van der Waals surface area contributed by atoms with E-state index in [0.717, 1.165) is 59.3 Å². The smallest absolute Gasteiger partial charge is 0.410 e. The molecule has 2 aromatic heterocycles. The van der Waals surface area contributed by atoms with Crippen LogP contribution in [-0.2, 0) is 21.3 Å². The molecule has 1 amide bonds. The molecule has 3 aromatic rings. The predicted molar refractivity (Wildman–Crippen MR) is 167 cm³/mol. The molecule has 10 heteroatoms. The maximum atomic E-state index is 13.4. The van der Waals surface area contributed by atoms with E-state index in [1.165, 1.54) is 0 Å². The quantitative estimate of drug-likeness (QED) is 0.302. The van der Waals surface area contributed by atoms with E-state index in [9.17, 15) is 9.59 Å². The summed E-state index contributed by atoms with van der Waals surface area (Å²) >= 11 is 6.69. The Kier molecular flexibility index (Phi) is 7.28. The summed E-state index contributed by atoms with van der Waals surface area (Å²) in [5, 5.41) is 0.616. The van der Waals surface area contributed by atoms with Crippen LogP contribution in [0.25, 0.3) is 11.6 Å². The molecule has 2 atom stereocenters. The second-order valence-electron chi connectivity index (χ2n) is 13.2. The molecule has 1 aromatic carbocycles. The van der Waals surface area contributed by atoms with Crippen LogP contribution in [0.5, 0.6) is 0 Å². The number of esters is 1. The third-order valence-electron chi connectivity index (χ3n) is 9.56. The normalized spacial score (nSPS) is 22.1. The number of halogens is 1. The van der Waals surface area contributed by atoms with E-state index < -0.39 is 0 Å². The first kappa shape index (κ1) is 29.0.